The second kappa shape index (κ2) is 8.00. The van der Waals surface area contributed by atoms with Gasteiger partial charge in [-0.1, -0.05) is 20.8 Å². The van der Waals surface area contributed by atoms with Gasteiger partial charge in [0, 0.05) is 31.6 Å². The molecule has 3 rings (SSSR count). The lowest BCUT2D eigenvalue weighted by molar-refractivity contribution is -0.123. The number of thiophene rings is 1. The Kier molecular flexibility index (Phi) is 5.85. The van der Waals surface area contributed by atoms with E-state index in [1.54, 1.807) is 0 Å². The molecule has 2 aromatic rings. The first-order valence-electron chi connectivity index (χ1n) is 9.45. The summed E-state index contributed by atoms with van der Waals surface area (Å²) in [7, 11) is 0. The molecule has 0 aliphatic carbocycles. The van der Waals surface area contributed by atoms with E-state index in [9.17, 15) is 9.59 Å². The Labute approximate surface area is 169 Å². The van der Waals surface area contributed by atoms with E-state index >= 15 is 0 Å². The highest BCUT2D eigenvalue weighted by atomic mass is 32.1. The third-order valence-corrected chi connectivity index (χ3v) is 5.84. The van der Waals surface area contributed by atoms with Crippen LogP contribution in [0, 0.1) is 19.3 Å². The van der Waals surface area contributed by atoms with Crippen molar-refractivity contribution < 1.29 is 9.59 Å². The molecule has 0 saturated carbocycles. The minimum Gasteiger partial charge on any atom is -0.335 e. The van der Waals surface area contributed by atoms with Crippen LogP contribution in [-0.4, -0.2) is 63.0 Å². The topological polar surface area (TPSA) is 94.2 Å². The maximum atomic E-state index is 13.0. The first-order valence-corrected chi connectivity index (χ1v) is 10.3. The van der Waals surface area contributed by atoms with E-state index < -0.39 is 5.41 Å². The van der Waals surface area contributed by atoms with Crippen LogP contribution in [0.4, 0.5) is 5.00 Å². The lowest BCUT2D eigenvalue weighted by atomic mass is 9.96. The van der Waals surface area contributed by atoms with Gasteiger partial charge < -0.3 is 10.2 Å². The minimum absolute atomic E-state index is 0.0344. The molecule has 152 valence electrons. The normalized spacial score (nSPS) is 15.7. The van der Waals surface area contributed by atoms with Crippen molar-refractivity contribution in [2.45, 2.75) is 41.2 Å². The molecule has 0 atom stereocenters. The molecule has 3 heterocycles. The molecule has 0 bridgehead atoms. The van der Waals surface area contributed by atoms with Crippen LogP contribution in [0.5, 0.6) is 0 Å². The predicted molar refractivity (Wildman–Crippen MR) is 109 cm³/mol. The summed E-state index contributed by atoms with van der Waals surface area (Å²) in [4.78, 5) is 34.3. The van der Waals surface area contributed by atoms with Gasteiger partial charge in [-0.05, 0) is 25.5 Å². The SMILES string of the molecule is Cc1nc(CN2CCN(C(=O)c3sc(NC(=O)C(C)(C)C)cc3C)CC2)n[nH]1. The van der Waals surface area contributed by atoms with Crippen LogP contribution >= 0.6 is 11.3 Å². The molecule has 8 nitrogen and oxygen atoms in total. The summed E-state index contributed by atoms with van der Waals surface area (Å²) in [5, 5.41) is 10.7. The van der Waals surface area contributed by atoms with Crippen LogP contribution in [0.1, 0.15) is 47.7 Å². The monoisotopic (exact) mass is 404 g/mol. The number of rotatable bonds is 4. The number of aromatic nitrogens is 3. The number of hydrogen-bond acceptors (Lipinski definition) is 6. The Morgan fingerprint density at radius 2 is 1.89 bits per heavy atom. The number of amides is 2. The number of anilines is 1. The number of nitrogens with zero attached hydrogens (tertiary/aromatic N) is 4. The van der Waals surface area contributed by atoms with Crippen LogP contribution in [0.2, 0.25) is 0 Å². The van der Waals surface area contributed by atoms with Gasteiger partial charge in [0.1, 0.15) is 5.82 Å². The number of piperazine rings is 1. The molecule has 9 heteroatoms. The van der Waals surface area contributed by atoms with E-state index in [1.807, 2.05) is 45.6 Å². The smallest absolute Gasteiger partial charge is 0.264 e. The zero-order valence-electron chi connectivity index (χ0n) is 17.1. The average molecular weight is 405 g/mol. The summed E-state index contributed by atoms with van der Waals surface area (Å²) in [5.74, 6) is 1.58. The highest BCUT2D eigenvalue weighted by Gasteiger charge is 2.27. The van der Waals surface area contributed by atoms with Crippen molar-refractivity contribution in [1.82, 2.24) is 25.0 Å². The predicted octanol–water partition coefficient (Wildman–Crippen LogP) is 2.43. The van der Waals surface area contributed by atoms with E-state index in [4.69, 9.17) is 0 Å². The molecule has 2 aromatic heterocycles. The fraction of sp³-hybridized carbons (Fsp3) is 0.579. The molecule has 0 radical (unpaired) electrons. The molecular weight excluding hydrogens is 376 g/mol. The molecule has 1 fully saturated rings. The van der Waals surface area contributed by atoms with Crippen molar-refractivity contribution in [3.63, 3.8) is 0 Å². The summed E-state index contributed by atoms with van der Waals surface area (Å²) in [6, 6.07) is 1.88. The van der Waals surface area contributed by atoms with Crippen molar-refractivity contribution in [2.24, 2.45) is 5.41 Å². The standard InChI is InChI=1S/C19H28N6O2S/c1-12-10-15(21-18(27)19(3,4)5)28-16(12)17(26)25-8-6-24(7-9-25)11-14-20-13(2)22-23-14/h10H,6-9,11H2,1-5H3,(H,21,27)(H,20,22,23). The van der Waals surface area contributed by atoms with Crippen LogP contribution in [0.3, 0.4) is 0 Å². The van der Waals surface area contributed by atoms with E-state index in [2.05, 4.69) is 25.4 Å². The van der Waals surface area contributed by atoms with Gasteiger partial charge in [0.15, 0.2) is 5.82 Å². The lowest BCUT2D eigenvalue weighted by Gasteiger charge is -2.34. The molecule has 0 unspecified atom stereocenters. The number of nitrogens with one attached hydrogen (secondary N) is 2. The van der Waals surface area contributed by atoms with Crippen molar-refractivity contribution in [3.05, 3.63) is 28.2 Å². The Morgan fingerprint density at radius 3 is 2.46 bits per heavy atom. The van der Waals surface area contributed by atoms with Gasteiger partial charge in [0.2, 0.25) is 5.91 Å². The number of H-pyrrole nitrogens is 1. The zero-order valence-corrected chi connectivity index (χ0v) is 17.9. The van der Waals surface area contributed by atoms with Gasteiger partial charge >= 0.3 is 0 Å². The van der Waals surface area contributed by atoms with Crippen molar-refractivity contribution in [3.8, 4) is 0 Å². The van der Waals surface area contributed by atoms with Gasteiger partial charge in [-0.3, -0.25) is 19.6 Å². The van der Waals surface area contributed by atoms with Gasteiger partial charge in [-0.25, -0.2) is 4.98 Å². The highest BCUT2D eigenvalue weighted by molar-refractivity contribution is 7.18. The van der Waals surface area contributed by atoms with Crippen LogP contribution in [-0.2, 0) is 11.3 Å². The van der Waals surface area contributed by atoms with Crippen LogP contribution < -0.4 is 5.32 Å². The van der Waals surface area contributed by atoms with Gasteiger partial charge in [0.05, 0.1) is 16.4 Å². The molecule has 1 saturated heterocycles. The van der Waals surface area contributed by atoms with E-state index in [0.29, 0.717) is 24.5 Å². The molecule has 28 heavy (non-hydrogen) atoms. The molecule has 2 N–H and O–H groups in total. The largest absolute Gasteiger partial charge is 0.335 e. The number of aromatic amines is 1. The fourth-order valence-electron chi connectivity index (χ4n) is 2.97. The molecule has 0 aromatic carbocycles. The lowest BCUT2D eigenvalue weighted by Crippen LogP contribution is -2.48. The summed E-state index contributed by atoms with van der Waals surface area (Å²) < 4.78 is 0. The first kappa shape index (κ1) is 20.5. The summed E-state index contributed by atoms with van der Waals surface area (Å²) in [6.45, 7) is 13.0. The quantitative estimate of drug-likeness (QED) is 0.816. The highest BCUT2D eigenvalue weighted by Crippen LogP contribution is 2.29. The van der Waals surface area contributed by atoms with Crippen molar-refractivity contribution in [1.29, 1.82) is 0 Å². The van der Waals surface area contributed by atoms with Crippen molar-refractivity contribution in [2.75, 3.05) is 31.5 Å². The van der Waals surface area contributed by atoms with E-state index in [0.717, 1.165) is 35.3 Å². The third-order valence-electron chi connectivity index (χ3n) is 4.70. The second-order valence-electron chi connectivity index (χ2n) is 8.23. The van der Waals surface area contributed by atoms with E-state index in [1.165, 1.54) is 11.3 Å². The van der Waals surface area contributed by atoms with Crippen LogP contribution in [0.25, 0.3) is 0 Å². The summed E-state index contributed by atoms with van der Waals surface area (Å²) in [6.07, 6.45) is 0. The molecule has 1 aliphatic heterocycles. The van der Waals surface area contributed by atoms with Gasteiger partial charge in [0.25, 0.3) is 5.91 Å². The Balaban J connectivity index is 1.58. The Morgan fingerprint density at radius 1 is 1.21 bits per heavy atom. The van der Waals surface area contributed by atoms with E-state index in [-0.39, 0.29) is 11.8 Å². The maximum absolute atomic E-state index is 13.0. The van der Waals surface area contributed by atoms with Crippen molar-refractivity contribution >= 4 is 28.2 Å². The summed E-state index contributed by atoms with van der Waals surface area (Å²) >= 11 is 1.35. The third kappa shape index (κ3) is 4.77. The second-order valence-corrected chi connectivity index (χ2v) is 9.28. The minimum atomic E-state index is -0.472. The van der Waals surface area contributed by atoms with Gasteiger partial charge in [-0.15, -0.1) is 11.3 Å². The summed E-state index contributed by atoms with van der Waals surface area (Å²) in [5.41, 5.74) is 0.429. The first-order chi connectivity index (χ1) is 13.1. The maximum Gasteiger partial charge on any atom is 0.264 e. The van der Waals surface area contributed by atoms with Gasteiger partial charge in [-0.2, -0.15) is 5.10 Å². The molecule has 1 aliphatic rings. The number of aryl methyl sites for hydroxylation is 2. The number of hydrogen-bond donors (Lipinski definition) is 2. The number of carbonyl (C=O) groups is 2. The molecule has 0 spiro atoms. The average Bonchev–Trinajstić information content (AvgIpc) is 3.19. The fourth-order valence-corrected chi connectivity index (χ4v) is 4.00. The number of carbonyl (C=O) groups excluding carboxylic acids is 2. The Hall–Kier alpha value is -2.26. The molecular formula is C19H28N6O2S. The molecule has 2 amide bonds. The Bertz CT molecular complexity index is 858. The zero-order chi connectivity index (χ0) is 20.5. The van der Waals surface area contributed by atoms with Crippen LogP contribution in [0.15, 0.2) is 6.07 Å².